The van der Waals surface area contributed by atoms with E-state index in [0.29, 0.717) is 17.0 Å². The molecular weight excluding hydrogens is 346 g/mol. The fourth-order valence-corrected chi connectivity index (χ4v) is 2.80. The second-order valence-electron chi connectivity index (χ2n) is 4.77. The van der Waals surface area contributed by atoms with E-state index < -0.39 is 11.9 Å². The molecule has 2 rings (SSSR count). The molecule has 0 N–H and O–H groups in total. The standard InChI is InChI=1S/C17H17NO6S/c1-10(19)23-16-12(7-8-13(21-3)17(16)22-4)15(18-24-11(2)20)14-6-5-9-25-14/h5-9H,1-4H3/b18-15+. The third-order valence-corrected chi connectivity index (χ3v) is 3.90. The van der Waals surface area contributed by atoms with E-state index in [2.05, 4.69) is 5.16 Å². The fourth-order valence-electron chi connectivity index (χ4n) is 2.08. The summed E-state index contributed by atoms with van der Waals surface area (Å²) in [6.45, 7) is 2.52. The molecule has 0 aliphatic heterocycles. The monoisotopic (exact) mass is 363 g/mol. The predicted octanol–water partition coefficient (Wildman–Crippen LogP) is 3.01. The van der Waals surface area contributed by atoms with E-state index in [4.69, 9.17) is 19.0 Å². The van der Waals surface area contributed by atoms with Crippen molar-refractivity contribution in [1.29, 1.82) is 0 Å². The molecule has 0 fully saturated rings. The van der Waals surface area contributed by atoms with Crippen LogP contribution in [0.2, 0.25) is 0 Å². The van der Waals surface area contributed by atoms with Crippen LogP contribution in [0.15, 0.2) is 34.8 Å². The Morgan fingerprint density at radius 1 is 1.00 bits per heavy atom. The highest BCUT2D eigenvalue weighted by molar-refractivity contribution is 7.12. The summed E-state index contributed by atoms with van der Waals surface area (Å²) in [6.07, 6.45) is 0. The summed E-state index contributed by atoms with van der Waals surface area (Å²) in [6, 6.07) is 6.94. The normalized spacial score (nSPS) is 11.0. The first-order chi connectivity index (χ1) is 12.0. The zero-order chi connectivity index (χ0) is 18.4. The molecule has 0 atom stereocenters. The van der Waals surface area contributed by atoms with Crippen LogP contribution in [0, 0.1) is 0 Å². The minimum absolute atomic E-state index is 0.133. The smallest absolute Gasteiger partial charge is 0.332 e. The van der Waals surface area contributed by atoms with Crippen molar-refractivity contribution < 1.29 is 28.6 Å². The molecule has 1 aromatic heterocycles. The highest BCUT2D eigenvalue weighted by Gasteiger charge is 2.23. The summed E-state index contributed by atoms with van der Waals surface area (Å²) in [5.74, 6) is -0.342. The molecule has 0 radical (unpaired) electrons. The van der Waals surface area contributed by atoms with Gasteiger partial charge in [0, 0.05) is 13.8 Å². The van der Waals surface area contributed by atoms with Gasteiger partial charge in [-0.05, 0) is 23.6 Å². The van der Waals surface area contributed by atoms with E-state index in [0.717, 1.165) is 4.88 Å². The lowest BCUT2D eigenvalue weighted by Gasteiger charge is -2.16. The summed E-state index contributed by atoms with van der Waals surface area (Å²) < 4.78 is 15.9. The predicted molar refractivity (Wildman–Crippen MR) is 92.6 cm³/mol. The second kappa shape index (κ2) is 8.29. The largest absolute Gasteiger partial charge is 0.493 e. The van der Waals surface area contributed by atoms with Crippen molar-refractivity contribution >= 4 is 29.0 Å². The summed E-state index contributed by atoms with van der Waals surface area (Å²) in [4.78, 5) is 28.3. The van der Waals surface area contributed by atoms with Crippen LogP contribution in [0.1, 0.15) is 24.3 Å². The quantitative estimate of drug-likeness (QED) is 0.258. The van der Waals surface area contributed by atoms with Crippen LogP contribution in [-0.4, -0.2) is 31.9 Å². The third kappa shape index (κ3) is 4.36. The van der Waals surface area contributed by atoms with Gasteiger partial charge in [-0.2, -0.15) is 0 Å². The lowest BCUT2D eigenvalue weighted by Crippen LogP contribution is -2.11. The van der Waals surface area contributed by atoms with Crippen molar-refractivity contribution in [2.45, 2.75) is 13.8 Å². The summed E-state index contributed by atoms with van der Waals surface area (Å²) in [5.41, 5.74) is 0.763. The van der Waals surface area contributed by atoms with Gasteiger partial charge in [0.25, 0.3) is 0 Å². The first-order valence-corrected chi connectivity index (χ1v) is 8.09. The van der Waals surface area contributed by atoms with E-state index in [1.165, 1.54) is 39.4 Å². The molecular formula is C17H17NO6S. The van der Waals surface area contributed by atoms with Crippen molar-refractivity contribution in [3.63, 3.8) is 0 Å². The van der Waals surface area contributed by atoms with Crippen molar-refractivity contribution in [3.8, 4) is 17.2 Å². The Labute approximate surface area is 148 Å². The molecule has 0 spiro atoms. The van der Waals surface area contributed by atoms with Crippen LogP contribution in [-0.2, 0) is 14.4 Å². The van der Waals surface area contributed by atoms with Crippen molar-refractivity contribution in [3.05, 3.63) is 40.1 Å². The van der Waals surface area contributed by atoms with Crippen LogP contribution in [0.5, 0.6) is 17.2 Å². The van der Waals surface area contributed by atoms with Crippen LogP contribution in [0.25, 0.3) is 0 Å². The SMILES string of the molecule is COc1ccc(/C(=N\OC(C)=O)c2cccs2)c(OC(C)=O)c1OC. The van der Waals surface area contributed by atoms with E-state index in [9.17, 15) is 9.59 Å². The minimum atomic E-state index is -0.566. The number of nitrogens with zero attached hydrogens (tertiary/aromatic N) is 1. The Bertz CT molecular complexity index is 798. The molecule has 25 heavy (non-hydrogen) atoms. The van der Waals surface area contributed by atoms with Gasteiger partial charge >= 0.3 is 11.9 Å². The number of hydrogen-bond acceptors (Lipinski definition) is 8. The van der Waals surface area contributed by atoms with Gasteiger partial charge < -0.3 is 19.0 Å². The highest BCUT2D eigenvalue weighted by atomic mass is 32.1. The van der Waals surface area contributed by atoms with Crippen LogP contribution in [0.4, 0.5) is 0 Å². The molecule has 0 amide bonds. The fraction of sp³-hybridized carbons (Fsp3) is 0.235. The maximum absolute atomic E-state index is 11.6. The van der Waals surface area contributed by atoms with Crippen molar-refractivity contribution in [2.75, 3.05) is 14.2 Å². The van der Waals surface area contributed by atoms with E-state index in [-0.39, 0.29) is 11.5 Å². The Morgan fingerprint density at radius 3 is 2.28 bits per heavy atom. The molecule has 1 heterocycles. The molecule has 2 aromatic rings. The van der Waals surface area contributed by atoms with Crippen LogP contribution in [0.3, 0.4) is 0 Å². The first kappa shape index (κ1) is 18.5. The summed E-state index contributed by atoms with van der Waals surface area (Å²) in [5, 5.41) is 5.78. The van der Waals surface area contributed by atoms with Gasteiger partial charge in [-0.15, -0.1) is 11.3 Å². The number of hydrogen-bond donors (Lipinski definition) is 0. The van der Waals surface area contributed by atoms with Crippen LogP contribution < -0.4 is 14.2 Å². The number of carbonyl (C=O) groups excluding carboxylic acids is 2. The number of oxime groups is 1. The molecule has 7 nitrogen and oxygen atoms in total. The molecule has 0 saturated carbocycles. The van der Waals surface area contributed by atoms with E-state index in [1.807, 2.05) is 11.4 Å². The molecule has 1 aromatic carbocycles. The molecule has 132 valence electrons. The van der Waals surface area contributed by atoms with E-state index >= 15 is 0 Å². The Hall–Kier alpha value is -2.87. The Morgan fingerprint density at radius 2 is 1.76 bits per heavy atom. The van der Waals surface area contributed by atoms with Crippen molar-refractivity contribution in [1.82, 2.24) is 0 Å². The van der Waals surface area contributed by atoms with Gasteiger partial charge in [0.15, 0.2) is 11.5 Å². The van der Waals surface area contributed by atoms with Crippen LogP contribution >= 0.6 is 11.3 Å². The second-order valence-corrected chi connectivity index (χ2v) is 5.72. The Kier molecular flexibility index (Phi) is 6.13. The highest BCUT2D eigenvalue weighted by Crippen LogP contribution is 2.41. The number of benzene rings is 1. The number of esters is 1. The van der Waals surface area contributed by atoms with Gasteiger partial charge in [0.2, 0.25) is 5.75 Å². The third-order valence-electron chi connectivity index (χ3n) is 3.02. The van der Waals surface area contributed by atoms with Gasteiger partial charge in [-0.1, -0.05) is 11.2 Å². The molecule has 8 heteroatoms. The summed E-state index contributed by atoms with van der Waals surface area (Å²) >= 11 is 1.39. The van der Waals surface area contributed by atoms with Crippen molar-refractivity contribution in [2.24, 2.45) is 5.16 Å². The molecule has 0 aliphatic carbocycles. The topological polar surface area (TPSA) is 83.4 Å². The maximum atomic E-state index is 11.6. The number of ether oxygens (including phenoxy) is 3. The van der Waals surface area contributed by atoms with Gasteiger partial charge in [-0.25, -0.2) is 4.79 Å². The number of rotatable bonds is 6. The molecule has 0 aliphatic rings. The molecule has 0 bridgehead atoms. The zero-order valence-electron chi connectivity index (χ0n) is 14.2. The number of carbonyl (C=O) groups is 2. The number of methoxy groups -OCH3 is 2. The first-order valence-electron chi connectivity index (χ1n) is 7.21. The lowest BCUT2D eigenvalue weighted by atomic mass is 10.1. The summed E-state index contributed by atoms with van der Waals surface area (Å²) in [7, 11) is 2.91. The zero-order valence-corrected chi connectivity index (χ0v) is 15.0. The Balaban J connectivity index is 2.69. The lowest BCUT2D eigenvalue weighted by molar-refractivity contribution is -0.141. The molecule has 0 unspecified atom stereocenters. The molecule has 0 saturated heterocycles. The minimum Gasteiger partial charge on any atom is -0.493 e. The average molecular weight is 363 g/mol. The van der Waals surface area contributed by atoms with Gasteiger partial charge in [-0.3, -0.25) is 4.79 Å². The maximum Gasteiger partial charge on any atom is 0.332 e. The number of thiophene rings is 1. The van der Waals surface area contributed by atoms with Gasteiger partial charge in [0.05, 0.1) is 24.7 Å². The van der Waals surface area contributed by atoms with E-state index in [1.54, 1.807) is 18.2 Å². The van der Waals surface area contributed by atoms with Gasteiger partial charge in [0.1, 0.15) is 5.71 Å². The average Bonchev–Trinajstić information content (AvgIpc) is 3.09.